The molecular weight excluding hydrogens is 244 g/mol. The monoisotopic (exact) mass is 274 g/mol. The van der Waals surface area contributed by atoms with Crippen molar-refractivity contribution in [3.63, 3.8) is 0 Å². The van der Waals surface area contributed by atoms with E-state index in [-0.39, 0.29) is 0 Å². The Balaban J connectivity index is 2.30. The molecule has 0 unspecified atom stereocenters. The normalized spacial score (nSPS) is 17.8. The topological polar surface area (TPSA) is 0 Å². The average molecular weight is 275 g/mol. The van der Waals surface area contributed by atoms with Gasteiger partial charge in [0.05, 0.1) is 0 Å². The van der Waals surface area contributed by atoms with Gasteiger partial charge >= 0.3 is 0 Å². The predicted octanol–water partition coefficient (Wildman–Crippen LogP) is 5.43. The lowest BCUT2D eigenvalue weighted by atomic mass is 9.83. The maximum Gasteiger partial charge on any atom is -0.000290 e. The lowest BCUT2D eigenvalue weighted by Gasteiger charge is -2.32. The van der Waals surface area contributed by atoms with Crippen molar-refractivity contribution in [1.82, 2.24) is 0 Å². The average Bonchev–Trinajstić information content (AvgIpc) is 2.82. The van der Waals surface area contributed by atoms with Gasteiger partial charge in [0, 0.05) is 0 Å². The van der Waals surface area contributed by atoms with Crippen molar-refractivity contribution < 1.29 is 0 Å². The third-order valence-electron chi connectivity index (χ3n) is 4.13. The van der Waals surface area contributed by atoms with E-state index in [0.717, 1.165) is 11.7 Å². The van der Waals surface area contributed by atoms with Crippen molar-refractivity contribution in [3.05, 3.63) is 0 Å². The van der Waals surface area contributed by atoms with E-state index in [2.05, 4.69) is 38.2 Å². The molecule has 0 bridgehead atoms. The van der Waals surface area contributed by atoms with Crippen LogP contribution in [0.2, 0.25) is 0 Å². The standard InChI is InChI=1S/C15H30S2/c1-3-9-15(12-16,10-4-2)13-17-11-14-7-5-6-8-14/h14,16H,3-13H2,1-2H3. The zero-order valence-corrected chi connectivity index (χ0v) is 13.4. The second kappa shape index (κ2) is 8.74. The molecule has 1 rings (SSSR count). The lowest BCUT2D eigenvalue weighted by molar-refractivity contribution is 0.318. The summed E-state index contributed by atoms with van der Waals surface area (Å²) in [6, 6.07) is 0. The highest BCUT2D eigenvalue weighted by Crippen LogP contribution is 2.37. The lowest BCUT2D eigenvalue weighted by Crippen LogP contribution is -2.26. The molecule has 2 heteroatoms. The Morgan fingerprint density at radius 1 is 1.12 bits per heavy atom. The predicted molar refractivity (Wildman–Crippen MR) is 85.4 cm³/mol. The molecule has 0 aromatic heterocycles. The van der Waals surface area contributed by atoms with Crippen LogP contribution in [0.25, 0.3) is 0 Å². The summed E-state index contributed by atoms with van der Waals surface area (Å²) >= 11 is 6.85. The Morgan fingerprint density at radius 2 is 1.71 bits per heavy atom. The van der Waals surface area contributed by atoms with Crippen LogP contribution in [0.3, 0.4) is 0 Å². The second-order valence-electron chi connectivity index (χ2n) is 5.82. The molecule has 0 N–H and O–H groups in total. The van der Waals surface area contributed by atoms with Crippen molar-refractivity contribution in [1.29, 1.82) is 0 Å². The summed E-state index contributed by atoms with van der Waals surface area (Å²) in [6.45, 7) is 4.63. The van der Waals surface area contributed by atoms with Crippen molar-refractivity contribution in [2.45, 2.75) is 65.2 Å². The van der Waals surface area contributed by atoms with Gasteiger partial charge in [-0.05, 0) is 54.3 Å². The summed E-state index contributed by atoms with van der Waals surface area (Å²) in [5, 5.41) is 0. The van der Waals surface area contributed by atoms with Crippen molar-refractivity contribution >= 4 is 24.4 Å². The van der Waals surface area contributed by atoms with Crippen LogP contribution in [0.1, 0.15) is 65.2 Å². The first-order valence-electron chi connectivity index (χ1n) is 7.45. The fraction of sp³-hybridized carbons (Fsp3) is 1.00. The van der Waals surface area contributed by atoms with E-state index in [1.807, 2.05) is 0 Å². The minimum Gasteiger partial charge on any atom is -0.179 e. The first-order valence-corrected chi connectivity index (χ1v) is 9.23. The molecule has 1 aliphatic rings. The molecule has 1 fully saturated rings. The van der Waals surface area contributed by atoms with E-state index in [1.54, 1.807) is 0 Å². The van der Waals surface area contributed by atoms with E-state index in [4.69, 9.17) is 0 Å². The molecule has 0 atom stereocenters. The molecule has 102 valence electrons. The fourth-order valence-corrected chi connectivity index (χ4v) is 5.34. The van der Waals surface area contributed by atoms with Gasteiger partial charge in [-0.1, -0.05) is 39.5 Å². The van der Waals surface area contributed by atoms with Crippen LogP contribution in [-0.2, 0) is 0 Å². The van der Waals surface area contributed by atoms with Gasteiger partial charge in [-0.15, -0.1) is 0 Å². The highest BCUT2D eigenvalue weighted by Gasteiger charge is 2.27. The first-order chi connectivity index (χ1) is 8.26. The van der Waals surface area contributed by atoms with Crippen molar-refractivity contribution in [2.75, 3.05) is 17.3 Å². The Kier molecular flexibility index (Phi) is 8.10. The molecule has 0 nitrogen and oxygen atoms in total. The second-order valence-corrected chi connectivity index (χ2v) is 7.17. The summed E-state index contributed by atoms with van der Waals surface area (Å²) in [5.74, 6) is 4.85. The molecule has 0 amide bonds. The summed E-state index contributed by atoms with van der Waals surface area (Å²) in [7, 11) is 0. The molecule has 17 heavy (non-hydrogen) atoms. The zero-order valence-electron chi connectivity index (χ0n) is 11.7. The maximum absolute atomic E-state index is 4.64. The smallest absolute Gasteiger partial charge is 0.000290 e. The van der Waals surface area contributed by atoms with Crippen LogP contribution in [0, 0.1) is 11.3 Å². The molecule has 0 aromatic carbocycles. The molecule has 0 aromatic rings. The fourth-order valence-electron chi connectivity index (χ4n) is 3.15. The first kappa shape index (κ1) is 15.8. The summed E-state index contributed by atoms with van der Waals surface area (Å²) in [4.78, 5) is 0. The van der Waals surface area contributed by atoms with Crippen LogP contribution >= 0.6 is 24.4 Å². The number of thioether (sulfide) groups is 1. The van der Waals surface area contributed by atoms with Crippen LogP contribution in [0.5, 0.6) is 0 Å². The zero-order chi connectivity index (χ0) is 12.6. The Morgan fingerprint density at radius 3 is 2.18 bits per heavy atom. The van der Waals surface area contributed by atoms with Crippen LogP contribution in [0.15, 0.2) is 0 Å². The van der Waals surface area contributed by atoms with Crippen molar-refractivity contribution in [3.8, 4) is 0 Å². The van der Waals surface area contributed by atoms with E-state index in [9.17, 15) is 0 Å². The summed E-state index contributed by atoms with van der Waals surface area (Å²) < 4.78 is 0. The minimum absolute atomic E-state index is 0.524. The summed E-state index contributed by atoms with van der Waals surface area (Å²) in [5.41, 5.74) is 0.524. The van der Waals surface area contributed by atoms with E-state index < -0.39 is 0 Å². The molecular formula is C15H30S2. The Labute approximate surface area is 118 Å². The molecule has 1 saturated carbocycles. The van der Waals surface area contributed by atoms with Gasteiger partial charge < -0.3 is 0 Å². The van der Waals surface area contributed by atoms with Gasteiger partial charge in [-0.25, -0.2) is 0 Å². The number of hydrogen-bond donors (Lipinski definition) is 1. The molecule has 0 heterocycles. The van der Waals surface area contributed by atoms with Crippen LogP contribution in [-0.4, -0.2) is 17.3 Å². The minimum atomic E-state index is 0.524. The molecule has 1 aliphatic carbocycles. The molecule has 0 aliphatic heterocycles. The van der Waals surface area contributed by atoms with Gasteiger partial charge in [0.2, 0.25) is 0 Å². The maximum atomic E-state index is 4.64. The number of rotatable bonds is 9. The van der Waals surface area contributed by atoms with E-state index in [1.165, 1.54) is 62.9 Å². The Bertz CT molecular complexity index is 179. The van der Waals surface area contributed by atoms with Crippen LogP contribution in [0.4, 0.5) is 0 Å². The highest BCUT2D eigenvalue weighted by molar-refractivity contribution is 7.99. The Hall–Kier alpha value is 0.700. The molecule has 0 spiro atoms. The summed E-state index contributed by atoms with van der Waals surface area (Å²) in [6.07, 6.45) is 11.3. The number of hydrogen-bond acceptors (Lipinski definition) is 2. The van der Waals surface area contributed by atoms with Gasteiger partial charge in [-0.3, -0.25) is 0 Å². The van der Waals surface area contributed by atoms with Gasteiger partial charge in [0.25, 0.3) is 0 Å². The van der Waals surface area contributed by atoms with Gasteiger partial charge in [0.15, 0.2) is 0 Å². The number of thiol groups is 1. The molecule has 0 saturated heterocycles. The quantitative estimate of drug-likeness (QED) is 0.547. The third kappa shape index (κ3) is 5.46. The van der Waals surface area contributed by atoms with E-state index >= 15 is 0 Å². The van der Waals surface area contributed by atoms with Crippen LogP contribution < -0.4 is 0 Å². The van der Waals surface area contributed by atoms with Gasteiger partial charge in [0.1, 0.15) is 0 Å². The molecule has 0 radical (unpaired) electrons. The van der Waals surface area contributed by atoms with Gasteiger partial charge in [-0.2, -0.15) is 24.4 Å². The highest BCUT2D eigenvalue weighted by atomic mass is 32.2. The third-order valence-corrected chi connectivity index (χ3v) is 6.33. The largest absolute Gasteiger partial charge is 0.179 e. The van der Waals surface area contributed by atoms with Crippen molar-refractivity contribution in [2.24, 2.45) is 11.3 Å². The SMILES string of the molecule is CCCC(CS)(CCC)CSCC1CCCC1. The van der Waals surface area contributed by atoms with E-state index in [0.29, 0.717) is 5.41 Å².